The van der Waals surface area contributed by atoms with Crippen LogP contribution in [0.15, 0.2) is 51.4 Å². The van der Waals surface area contributed by atoms with Crippen LogP contribution in [0.5, 0.6) is 5.75 Å². The van der Waals surface area contributed by atoms with Crippen molar-refractivity contribution in [2.24, 2.45) is 0 Å². The van der Waals surface area contributed by atoms with Crippen LogP contribution in [0.25, 0.3) is 22.4 Å². The largest absolute Gasteiger partial charge is 0.496 e. The molecule has 4 nitrogen and oxygen atoms in total. The molecule has 0 saturated heterocycles. The SMILES string of the molecule is COc1ccc(-c2c(C)c(-c3ccc(Br)cc3)nc(N)c2C#N)cc1Br. The van der Waals surface area contributed by atoms with Gasteiger partial charge in [-0.3, -0.25) is 0 Å². The van der Waals surface area contributed by atoms with Crippen molar-refractivity contribution < 1.29 is 4.74 Å². The average Bonchev–Trinajstić information content (AvgIpc) is 2.63. The molecule has 26 heavy (non-hydrogen) atoms. The molecule has 0 fully saturated rings. The molecule has 0 radical (unpaired) electrons. The van der Waals surface area contributed by atoms with E-state index in [4.69, 9.17) is 10.5 Å². The molecule has 0 bridgehead atoms. The van der Waals surface area contributed by atoms with Gasteiger partial charge in [0.2, 0.25) is 0 Å². The van der Waals surface area contributed by atoms with Crippen LogP contribution in [0, 0.1) is 18.3 Å². The fourth-order valence-corrected chi connectivity index (χ4v) is 3.68. The molecule has 1 aromatic heterocycles. The van der Waals surface area contributed by atoms with Crippen molar-refractivity contribution in [3.63, 3.8) is 0 Å². The molecule has 2 aromatic carbocycles. The van der Waals surface area contributed by atoms with E-state index in [0.29, 0.717) is 5.56 Å². The molecule has 0 atom stereocenters. The van der Waals surface area contributed by atoms with Gasteiger partial charge in [0.1, 0.15) is 23.2 Å². The van der Waals surface area contributed by atoms with Crippen molar-refractivity contribution in [3.8, 4) is 34.2 Å². The number of benzene rings is 2. The Morgan fingerprint density at radius 1 is 1.08 bits per heavy atom. The number of halogens is 2. The molecule has 3 rings (SSSR count). The number of ether oxygens (including phenoxy) is 1. The van der Waals surface area contributed by atoms with E-state index in [2.05, 4.69) is 42.9 Å². The lowest BCUT2D eigenvalue weighted by atomic mass is 9.93. The summed E-state index contributed by atoms with van der Waals surface area (Å²) in [5.74, 6) is 0.943. The third-order valence-corrected chi connectivity index (χ3v) is 5.29. The summed E-state index contributed by atoms with van der Waals surface area (Å²) in [5, 5.41) is 9.64. The highest BCUT2D eigenvalue weighted by Gasteiger charge is 2.19. The van der Waals surface area contributed by atoms with Crippen LogP contribution >= 0.6 is 31.9 Å². The summed E-state index contributed by atoms with van der Waals surface area (Å²) in [6.07, 6.45) is 0. The Morgan fingerprint density at radius 2 is 1.73 bits per heavy atom. The van der Waals surface area contributed by atoms with Gasteiger partial charge in [0.05, 0.1) is 17.3 Å². The highest BCUT2D eigenvalue weighted by atomic mass is 79.9. The Balaban J connectivity index is 2.29. The topological polar surface area (TPSA) is 71.9 Å². The first-order chi connectivity index (χ1) is 12.5. The van der Waals surface area contributed by atoms with Gasteiger partial charge in [0.15, 0.2) is 0 Å². The molecule has 0 aliphatic carbocycles. The van der Waals surface area contributed by atoms with Gasteiger partial charge in [0.25, 0.3) is 0 Å². The molecular formula is C20H15Br2N3O. The minimum atomic E-state index is 0.220. The Morgan fingerprint density at radius 3 is 2.31 bits per heavy atom. The second-order valence-corrected chi connectivity index (χ2v) is 7.46. The lowest BCUT2D eigenvalue weighted by Crippen LogP contribution is -2.03. The highest BCUT2D eigenvalue weighted by molar-refractivity contribution is 9.10. The van der Waals surface area contributed by atoms with Crippen molar-refractivity contribution in [1.29, 1.82) is 5.26 Å². The van der Waals surface area contributed by atoms with Crippen molar-refractivity contribution >= 4 is 37.7 Å². The second-order valence-electron chi connectivity index (χ2n) is 5.69. The summed E-state index contributed by atoms with van der Waals surface area (Å²) < 4.78 is 7.09. The first kappa shape index (κ1) is 18.4. The first-order valence-corrected chi connectivity index (χ1v) is 9.35. The van der Waals surface area contributed by atoms with Gasteiger partial charge in [0, 0.05) is 15.6 Å². The van der Waals surface area contributed by atoms with Gasteiger partial charge in [-0.25, -0.2) is 4.98 Å². The molecule has 2 N–H and O–H groups in total. The maximum Gasteiger partial charge on any atom is 0.142 e. The summed E-state index contributed by atoms with van der Waals surface area (Å²) in [6, 6.07) is 15.7. The van der Waals surface area contributed by atoms with E-state index in [0.717, 1.165) is 42.6 Å². The molecule has 0 amide bonds. The zero-order chi connectivity index (χ0) is 18.8. The van der Waals surface area contributed by atoms with Crippen LogP contribution in [0.1, 0.15) is 11.1 Å². The quantitative estimate of drug-likeness (QED) is 0.529. The number of hydrogen-bond donors (Lipinski definition) is 1. The molecule has 0 aliphatic heterocycles. The summed E-state index contributed by atoms with van der Waals surface area (Å²) in [7, 11) is 1.61. The average molecular weight is 473 g/mol. The van der Waals surface area contributed by atoms with Crippen molar-refractivity contribution in [3.05, 3.63) is 62.5 Å². The number of rotatable bonds is 3. The summed E-state index contributed by atoms with van der Waals surface area (Å²) in [4.78, 5) is 4.49. The maximum absolute atomic E-state index is 9.64. The van der Waals surface area contributed by atoms with Gasteiger partial charge in [-0.15, -0.1) is 0 Å². The Kier molecular flexibility index (Phi) is 5.30. The lowest BCUT2D eigenvalue weighted by molar-refractivity contribution is 0.412. The van der Waals surface area contributed by atoms with Gasteiger partial charge >= 0.3 is 0 Å². The standard InChI is InChI=1S/C20H15Br2N3O/c1-11-18(13-5-8-17(26-2)16(22)9-13)15(10-23)20(24)25-19(11)12-3-6-14(21)7-4-12/h3-9H,1-2H3,(H2,24,25). The Hall–Kier alpha value is -2.36. The zero-order valence-electron chi connectivity index (χ0n) is 14.2. The third-order valence-electron chi connectivity index (χ3n) is 4.14. The van der Waals surface area contributed by atoms with Crippen molar-refractivity contribution in [1.82, 2.24) is 4.98 Å². The van der Waals surface area contributed by atoms with E-state index in [-0.39, 0.29) is 5.82 Å². The monoisotopic (exact) mass is 471 g/mol. The molecule has 0 unspecified atom stereocenters. The molecule has 0 saturated carbocycles. The number of aromatic nitrogens is 1. The summed E-state index contributed by atoms with van der Waals surface area (Å²) in [5.41, 5.74) is 10.7. The van der Waals surface area contributed by atoms with Gasteiger partial charge in [-0.05, 0) is 58.2 Å². The minimum absolute atomic E-state index is 0.220. The maximum atomic E-state index is 9.64. The van der Waals surface area contributed by atoms with Crippen LogP contribution in [0.4, 0.5) is 5.82 Å². The number of methoxy groups -OCH3 is 1. The molecular weight excluding hydrogens is 458 g/mol. The fourth-order valence-electron chi connectivity index (χ4n) is 2.88. The van der Waals surface area contributed by atoms with E-state index < -0.39 is 0 Å². The van der Waals surface area contributed by atoms with Crippen LogP contribution in [-0.4, -0.2) is 12.1 Å². The van der Waals surface area contributed by atoms with E-state index in [1.807, 2.05) is 49.4 Å². The minimum Gasteiger partial charge on any atom is -0.496 e. The number of nitrogens with two attached hydrogens (primary N) is 1. The highest BCUT2D eigenvalue weighted by Crippen LogP contribution is 2.38. The number of nitriles is 1. The lowest BCUT2D eigenvalue weighted by Gasteiger charge is -2.16. The smallest absolute Gasteiger partial charge is 0.142 e. The van der Waals surface area contributed by atoms with E-state index in [1.165, 1.54) is 0 Å². The Bertz CT molecular complexity index is 1020. The van der Waals surface area contributed by atoms with Crippen LogP contribution in [-0.2, 0) is 0 Å². The van der Waals surface area contributed by atoms with E-state index in [9.17, 15) is 5.26 Å². The normalized spacial score (nSPS) is 10.4. The van der Waals surface area contributed by atoms with E-state index in [1.54, 1.807) is 7.11 Å². The first-order valence-electron chi connectivity index (χ1n) is 7.76. The summed E-state index contributed by atoms with van der Waals surface area (Å²) in [6.45, 7) is 1.96. The molecule has 130 valence electrons. The van der Waals surface area contributed by atoms with Crippen LogP contribution in [0.3, 0.4) is 0 Å². The van der Waals surface area contributed by atoms with Crippen molar-refractivity contribution in [2.75, 3.05) is 12.8 Å². The van der Waals surface area contributed by atoms with E-state index >= 15 is 0 Å². The number of hydrogen-bond acceptors (Lipinski definition) is 4. The van der Waals surface area contributed by atoms with Gasteiger partial charge in [-0.2, -0.15) is 5.26 Å². The Labute approximate surface area is 168 Å². The second kappa shape index (κ2) is 7.48. The number of nitrogen functional groups attached to an aromatic ring is 1. The van der Waals surface area contributed by atoms with Crippen LogP contribution < -0.4 is 10.5 Å². The molecule has 0 spiro atoms. The molecule has 3 aromatic rings. The molecule has 0 aliphatic rings. The predicted molar refractivity (Wildman–Crippen MR) is 111 cm³/mol. The van der Waals surface area contributed by atoms with Crippen LogP contribution in [0.2, 0.25) is 0 Å². The molecule has 6 heteroatoms. The van der Waals surface area contributed by atoms with Gasteiger partial charge in [-0.1, -0.05) is 34.1 Å². The third kappa shape index (κ3) is 3.33. The fraction of sp³-hybridized carbons (Fsp3) is 0.100. The molecule has 1 heterocycles. The number of anilines is 1. The van der Waals surface area contributed by atoms with Gasteiger partial charge < -0.3 is 10.5 Å². The predicted octanol–water partition coefficient (Wildman–Crippen LogP) is 5.71. The number of pyridine rings is 1. The van der Waals surface area contributed by atoms with Crippen molar-refractivity contribution in [2.45, 2.75) is 6.92 Å². The number of nitrogens with zero attached hydrogens (tertiary/aromatic N) is 2. The summed E-state index contributed by atoms with van der Waals surface area (Å²) >= 11 is 6.95. The zero-order valence-corrected chi connectivity index (χ0v) is 17.3.